The van der Waals surface area contributed by atoms with Gasteiger partial charge in [-0.15, -0.1) is 0 Å². The van der Waals surface area contributed by atoms with Crippen LogP contribution in [0.15, 0.2) is 22.7 Å². The number of aromatic nitrogens is 1. The molecule has 86 valence electrons. The van der Waals surface area contributed by atoms with E-state index in [1.807, 2.05) is 19.1 Å². The highest BCUT2D eigenvalue weighted by molar-refractivity contribution is 6.12. The lowest BCUT2D eigenvalue weighted by atomic mass is 10.0. The standard InChI is InChI=1S/C13H11NO3/c1-7-4-3-5-9-12(15)11-8(2)14-17-10(11)6-16-13(7)9/h3-5H,6H2,1-2H3. The summed E-state index contributed by atoms with van der Waals surface area (Å²) in [4.78, 5) is 12.4. The number of ketones is 1. The number of fused-ring (bicyclic) bond motifs is 2. The molecule has 0 aliphatic carbocycles. The van der Waals surface area contributed by atoms with E-state index < -0.39 is 0 Å². The number of carbonyl (C=O) groups excluding carboxylic acids is 1. The average molecular weight is 229 g/mol. The van der Waals surface area contributed by atoms with Crippen LogP contribution in [-0.2, 0) is 6.61 Å². The lowest BCUT2D eigenvalue weighted by Crippen LogP contribution is -2.03. The van der Waals surface area contributed by atoms with E-state index in [0.717, 1.165) is 5.56 Å². The lowest BCUT2D eigenvalue weighted by molar-refractivity contribution is 0.103. The summed E-state index contributed by atoms with van der Waals surface area (Å²) in [6, 6.07) is 5.54. The van der Waals surface area contributed by atoms with Gasteiger partial charge in [0.25, 0.3) is 0 Å². The normalized spacial score (nSPS) is 13.6. The van der Waals surface area contributed by atoms with Crippen LogP contribution in [0, 0.1) is 13.8 Å². The van der Waals surface area contributed by atoms with Gasteiger partial charge in [0.1, 0.15) is 12.4 Å². The predicted molar refractivity (Wildman–Crippen MR) is 60.2 cm³/mol. The fraction of sp³-hybridized carbons (Fsp3) is 0.231. The summed E-state index contributed by atoms with van der Waals surface area (Å²) >= 11 is 0. The molecule has 1 aliphatic rings. The van der Waals surface area contributed by atoms with Crippen LogP contribution >= 0.6 is 0 Å². The molecule has 2 heterocycles. The molecular formula is C13H11NO3. The van der Waals surface area contributed by atoms with Gasteiger partial charge in [0.2, 0.25) is 5.78 Å². The van der Waals surface area contributed by atoms with Gasteiger partial charge in [-0.1, -0.05) is 17.3 Å². The van der Waals surface area contributed by atoms with Crippen LogP contribution in [0.4, 0.5) is 0 Å². The quantitative estimate of drug-likeness (QED) is 0.696. The van der Waals surface area contributed by atoms with E-state index in [2.05, 4.69) is 5.16 Å². The first-order valence-electron chi connectivity index (χ1n) is 5.40. The molecule has 17 heavy (non-hydrogen) atoms. The van der Waals surface area contributed by atoms with Gasteiger partial charge in [0.15, 0.2) is 5.76 Å². The summed E-state index contributed by atoms with van der Waals surface area (Å²) in [5.41, 5.74) is 2.68. The monoisotopic (exact) mass is 229 g/mol. The van der Waals surface area contributed by atoms with Crippen molar-refractivity contribution in [2.45, 2.75) is 20.5 Å². The highest BCUT2D eigenvalue weighted by atomic mass is 16.5. The molecule has 0 N–H and O–H groups in total. The Labute approximate surface area is 98.2 Å². The van der Waals surface area contributed by atoms with E-state index in [-0.39, 0.29) is 12.4 Å². The molecule has 4 nitrogen and oxygen atoms in total. The van der Waals surface area contributed by atoms with Crippen LogP contribution in [0.5, 0.6) is 5.75 Å². The molecule has 0 fully saturated rings. The van der Waals surface area contributed by atoms with Crippen LogP contribution in [0.25, 0.3) is 0 Å². The van der Waals surface area contributed by atoms with E-state index in [0.29, 0.717) is 28.3 Å². The Bertz CT molecular complexity index is 613. The molecule has 0 unspecified atom stereocenters. The maximum absolute atomic E-state index is 12.4. The molecule has 0 radical (unpaired) electrons. The van der Waals surface area contributed by atoms with E-state index in [1.54, 1.807) is 13.0 Å². The van der Waals surface area contributed by atoms with Crippen LogP contribution < -0.4 is 4.74 Å². The number of nitrogens with zero attached hydrogens (tertiary/aromatic N) is 1. The van der Waals surface area contributed by atoms with Crippen molar-refractivity contribution in [1.29, 1.82) is 0 Å². The Morgan fingerprint density at radius 1 is 1.29 bits per heavy atom. The van der Waals surface area contributed by atoms with Crippen LogP contribution in [0.3, 0.4) is 0 Å². The largest absolute Gasteiger partial charge is 0.484 e. The van der Waals surface area contributed by atoms with E-state index >= 15 is 0 Å². The smallest absolute Gasteiger partial charge is 0.202 e. The number of hydrogen-bond donors (Lipinski definition) is 0. The van der Waals surface area contributed by atoms with Gasteiger partial charge in [0.05, 0.1) is 16.8 Å². The second kappa shape index (κ2) is 3.45. The predicted octanol–water partition coefficient (Wildman–Crippen LogP) is 2.41. The molecule has 0 spiro atoms. The molecule has 2 aromatic rings. The first kappa shape index (κ1) is 10.1. The number of benzene rings is 1. The summed E-state index contributed by atoms with van der Waals surface area (Å²) in [6.07, 6.45) is 0. The molecule has 4 heteroatoms. The zero-order chi connectivity index (χ0) is 12.0. The maximum atomic E-state index is 12.4. The second-order valence-electron chi connectivity index (χ2n) is 4.14. The Morgan fingerprint density at radius 3 is 2.94 bits per heavy atom. The number of rotatable bonds is 0. The second-order valence-corrected chi connectivity index (χ2v) is 4.14. The van der Waals surface area contributed by atoms with Crippen LogP contribution in [-0.4, -0.2) is 10.9 Å². The van der Waals surface area contributed by atoms with Crippen molar-refractivity contribution < 1.29 is 14.1 Å². The summed E-state index contributed by atoms with van der Waals surface area (Å²) in [7, 11) is 0. The Balaban J connectivity index is 2.26. The first-order valence-corrected chi connectivity index (χ1v) is 5.40. The van der Waals surface area contributed by atoms with Gasteiger partial charge in [-0.05, 0) is 25.5 Å². The number of ether oxygens (including phenoxy) is 1. The first-order chi connectivity index (χ1) is 8.18. The average Bonchev–Trinajstić information content (AvgIpc) is 2.60. The van der Waals surface area contributed by atoms with Gasteiger partial charge in [0, 0.05) is 0 Å². The third-order valence-corrected chi connectivity index (χ3v) is 2.96. The fourth-order valence-electron chi connectivity index (χ4n) is 2.10. The summed E-state index contributed by atoms with van der Waals surface area (Å²) in [5, 5.41) is 3.81. The minimum atomic E-state index is -0.0741. The van der Waals surface area contributed by atoms with Gasteiger partial charge in [-0.2, -0.15) is 0 Å². The van der Waals surface area contributed by atoms with Crippen molar-refractivity contribution in [3.8, 4) is 5.75 Å². The molecular weight excluding hydrogens is 218 g/mol. The van der Waals surface area contributed by atoms with Crippen molar-refractivity contribution in [3.05, 3.63) is 46.3 Å². The van der Waals surface area contributed by atoms with Gasteiger partial charge in [-0.3, -0.25) is 4.79 Å². The van der Waals surface area contributed by atoms with Crippen molar-refractivity contribution in [1.82, 2.24) is 5.16 Å². The fourth-order valence-corrected chi connectivity index (χ4v) is 2.10. The van der Waals surface area contributed by atoms with Crippen LogP contribution in [0.2, 0.25) is 0 Å². The number of aryl methyl sites for hydroxylation is 2. The Hall–Kier alpha value is -2.10. The van der Waals surface area contributed by atoms with Crippen molar-refractivity contribution >= 4 is 5.78 Å². The molecule has 0 saturated heterocycles. The zero-order valence-corrected chi connectivity index (χ0v) is 9.61. The summed E-state index contributed by atoms with van der Waals surface area (Å²) in [5.74, 6) is 1.07. The SMILES string of the molecule is Cc1cccc2c1OCc1onc(C)c1C2=O. The number of hydrogen-bond acceptors (Lipinski definition) is 4. The number of para-hydroxylation sites is 1. The van der Waals surface area contributed by atoms with Gasteiger partial charge < -0.3 is 9.26 Å². The summed E-state index contributed by atoms with van der Waals surface area (Å²) in [6.45, 7) is 3.94. The van der Waals surface area contributed by atoms with Gasteiger partial charge in [-0.25, -0.2) is 0 Å². The third-order valence-electron chi connectivity index (χ3n) is 2.96. The minimum absolute atomic E-state index is 0.0741. The van der Waals surface area contributed by atoms with Crippen molar-refractivity contribution in [3.63, 3.8) is 0 Å². The van der Waals surface area contributed by atoms with Crippen molar-refractivity contribution in [2.24, 2.45) is 0 Å². The van der Waals surface area contributed by atoms with Crippen molar-refractivity contribution in [2.75, 3.05) is 0 Å². The molecule has 1 aliphatic heterocycles. The molecule has 3 rings (SSSR count). The molecule has 0 atom stereocenters. The number of carbonyl (C=O) groups is 1. The summed E-state index contributed by atoms with van der Waals surface area (Å²) < 4.78 is 10.7. The highest BCUT2D eigenvalue weighted by Crippen LogP contribution is 2.32. The lowest BCUT2D eigenvalue weighted by Gasteiger charge is -2.08. The highest BCUT2D eigenvalue weighted by Gasteiger charge is 2.28. The van der Waals surface area contributed by atoms with E-state index in [4.69, 9.17) is 9.26 Å². The van der Waals surface area contributed by atoms with Crippen LogP contribution in [0.1, 0.15) is 32.9 Å². The zero-order valence-electron chi connectivity index (χ0n) is 9.61. The Morgan fingerprint density at radius 2 is 2.12 bits per heavy atom. The molecule has 0 saturated carbocycles. The molecule has 0 bridgehead atoms. The third kappa shape index (κ3) is 1.37. The Kier molecular flexibility index (Phi) is 2.04. The molecule has 1 aromatic carbocycles. The van der Waals surface area contributed by atoms with E-state index in [1.165, 1.54) is 0 Å². The van der Waals surface area contributed by atoms with Gasteiger partial charge >= 0.3 is 0 Å². The van der Waals surface area contributed by atoms with E-state index in [9.17, 15) is 4.79 Å². The molecule has 0 amide bonds. The topological polar surface area (TPSA) is 52.3 Å². The minimum Gasteiger partial charge on any atom is -0.484 e. The molecule has 1 aromatic heterocycles. The maximum Gasteiger partial charge on any atom is 0.202 e.